The van der Waals surface area contributed by atoms with Gasteiger partial charge in [0.05, 0.1) is 12.1 Å². The number of hydrogen-bond donors (Lipinski definition) is 3. The van der Waals surface area contributed by atoms with Gasteiger partial charge in [-0.1, -0.05) is 6.07 Å². The predicted molar refractivity (Wildman–Crippen MR) is 112 cm³/mol. The van der Waals surface area contributed by atoms with Crippen LogP contribution in [0.15, 0.2) is 36.4 Å². The average Bonchev–Trinajstić information content (AvgIpc) is 3.42. The zero-order valence-corrected chi connectivity index (χ0v) is 16.3. The van der Waals surface area contributed by atoms with Crippen LogP contribution < -0.4 is 21.3 Å². The lowest BCUT2D eigenvalue weighted by atomic mass is 10.1. The number of rotatable bonds is 6. The summed E-state index contributed by atoms with van der Waals surface area (Å²) in [6.07, 6.45) is 1.80. The molecular formula is C20H18FN5O2S. The van der Waals surface area contributed by atoms with Gasteiger partial charge in [-0.25, -0.2) is 9.24 Å². The molecule has 0 unspecified atom stereocenters. The first-order chi connectivity index (χ1) is 13.8. The number of carbonyl (C=O) groups is 2. The van der Waals surface area contributed by atoms with Gasteiger partial charge in [-0.15, -0.1) is 0 Å². The fourth-order valence-electron chi connectivity index (χ4n) is 3.10. The van der Waals surface area contributed by atoms with E-state index in [-0.39, 0.29) is 10.7 Å². The van der Waals surface area contributed by atoms with Crippen LogP contribution in [0.25, 0.3) is 4.85 Å². The van der Waals surface area contributed by atoms with Gasteiger partial charge in [0.1, 0.15) is 11.5 Å². The Morgan fingerprint density at radius 2 is 2.07 bits per heavy atom. The smallest absolute Gasteiger partial charge is 0.251 e. The molecule has 0 spiro atoms. The van der Waals surface area contributed by atoms with Gasteiger partial charge in [0.25, 0.3) is 5.91 Å². The van der Waals surface area contributed by atoms with E-state index in [2.05, 4.69) is 15.5 Å². The van der Waals surface area contributed by atoms with Crippen LogP contribution >= 0.6 is 12.2 Å². The van der Waals surface area contributed by atoms with Crippen molar-refractivity contribution in [3.63, 3.8) is 0 Å². The molecule has 1 fully saturated rings. The molecular weight excluding hydrogens is 393 g/mol. The minimum atomic E-state index is -0.871. The van der Waals surface area contributed by atoms with Gasteiger partial charge in [-0.2, -0.15) is 0 Å². The Morgan fingerprint density at radius 1 is 1.34 bits per heavy atom. The molecule has 7 nitrogen and oxygen atoms in total. The molecule has 2 amide bonds. The number of anilines is 2. The highest BCUT2D eigenvalue weighted by Gasteiger charge is 2.50. The highest BCUT2D eigenvalue weighted by atomic mass is 32.1. The number of thiocarbonyl (C=S) groups is 1. The number of nitrogens with two attached hydrogens (primary N) is 1. The van der Waals surface area contributed by atoms with Crippen LogP contribution in [0.4, 0.5) is 21.5 Å². The maximum absolute atomic E-state index is 14.4. The summed E-state index contributed by atoms with van der Waals surface area (Å²) >= 11 is 5.56. The van der Waals surface area contributed by atoms with Crippen LogP contribution in [-0.2, 0) is 4.79 Å². The SMILES string of the molecule is [C-]#[N+]c1ccc(NC(=S)N(c2ccc(C(N)=O)c(F)c2)C2(NC=O)CC2)cc1C. The summed E-state index contributed by atoms with van der Waals surface area (Å²) in [6.45, 7) is 8.95. The molecule has 0 saturated heterocycles. The van der Waals surface area contributed by atoms with Gasteiger partial charge in [-0.3, -0.25) is 14.5 Å². The molecule has 2 aromatic rings. The van der Waals surface area contributed by atoms with E-state index in [1.165, 1.54) is 12.1 Å². The molecule has 3 rings (SSSR count). The van der Waals surface area contributed by atoms with Crippen molar-refractivity contribution in [1.29, 1.82) is 0 Å². The molecule has 0 atom stereocenters. The quantitative estimate of drug-likeness (QED) is 0.294. The van der Waals surface area contributed by atoms with E-state index in [1.807, 2.05) is 6.92 Å². The van der Waals surface area contributed by atoms with Crippen molar-refractivity contribution in [1.82, 2.24) is 5.32 Å². The number of hydrogen-bond acceptors (Lipinski definition) is 3. The zero-order chi connectivity index (χ0) is 21.2. The molecule has 9 heteroatoms. The Hall–Kier alpha value is -3.51. The van der Waals surface area contributed by atoms with Crippen LogP contribution in [0.1, 0.15) is 28.8 Å². The third-order valence-corrected chi connectivity index (χ3v) is 5.01. The molecule has 1 saturated carbocycles. The first-order valence-electron chi connectivity index (χ1n) is 8.71. The summed E-state index contributed by atoms with van der Waals surface area (Å²) in [7, 11) is 0. The lowest BCUT2D eigenvalue weighted by Crippen LogP contribution is -2.52. The van der Waals surface area contributed by atoms with Crippen molar-refractivity contribution in [2.45, 2.75) is 25.4 Å². The molecule has 4 N–H and O–H groups in total. The molecule has 29 heavy (non-hydrogen) atoms. The monoisotopic (exact) mass is 411 g/mol. The van der Waals surface area contributed by atoms with Crippen molar-refractivity contribution >= 4 is 46.7 Å². The van der Waals surface area contributed by atoms with Crippen LogP contribution in [0, 0.1) is 19.3 Å². The number of halogens is 1. The number of nitrogens with zero attached hydrogens (tertiary/aromatic N) is 2. The number of aryl methyl sites for hydroxylation is 1. The van der Waals surface area contributed by atoms with Gasteiger partial charge in [0.15, 0.2) is 10.8 Å². The third kappa shape index (κ3) is 4.02. The highest BCUT2D eigenvalue weighted by molar-refractivity contribution is 7.80. The van der Waals surface area contributed by atoms with Gasteiger partial charge >= 0.3 is 0 Å². The predicted octanol–water partition coefficient (Wildman–Crippen LogP) is 3.22. The number of amides is 2. The van der Waals surface area contributed by atoms with Crippen molar-refractivity contribution < 1.29 is 14.0 Å². The highest BCUT2D eigenvalue weighted by Crippen LogP contribution is 2.42. The van der Waals surface area contributed by atoms with Crippen LogP contribution in [-0.4, -0.2) is 23.1 Å². The largest absolute Gasteiger partial charge is 0.366 e. The second kappa shape index (κ2) is 7.85. The lowest BCUT2D eigenvalue weighted by molar-refractivity contribution is -0.110. The van der Waals surface area contributed by atoms with E-state index in [0.717, 1.165) is 11.6 Å². The van der Waals surface area contributed by atoms with E-state index in [4.69, 9.17) is 24.5 Å². The van der Waals surface area contributed by atoms with E-state index >= 15 is 0 Å². The van der Waals surface area contributed by atoms with Crippen molar-refractivity contribution in [2.24, 2.45) is 5.73 Å². The van der Waals surface area contributed by atoms with E-state index in [9.17, 15) is 14.0 Å². The maximum atomic E-state index is 14.4. The number of benzene rings is 2. The Kier molecular flexibility index (Phi) is 5.48. The van der Waals surface area contributed by atoms with Gasteiger partial charge in [-0.05, 0) is 67.9 Å². The van der Waals surface area contributed by atoms with Gasteiger partial charge in [0, 0.05) is 11.4 Å². The summed E-state index contributed by atoms with van der Waals surface area (Å²) in [5.41, 5.74) is 6.50. The summed E-state index contributed by atoms with van der Waals surface area (Å²) in [5.74, 6) is -1.65. The summed E-state index contributed by atoms with van der Waals surface area (Å²) in [5, 5.41) is 6.06. The Balaban J connectivity index is 1.96. The minimum absolute atomic E-state index is 0.230. The molecule has 1 aliphatic carbocycles. The molecule has 0 bridgehead atoms. The van der Waals surface area contributed by atoms with Crippen LogP contribution in [0.3, 0.4) is 0 Å². The maximum Gasteiger partial charge on any atom is 0.251 e. The molecule has 2 aromatic carbocycles. The normalized spacial score (nSPS) is 13.7. The van der Waals surface area contributed by atoms with Crippen molar-refractivity contribution in [3.8, 4) is 0 Å². The lowest BCUT2D eigenvalue weighted by Gasteiger charge is -2.34. The first kappa shape index (κ1) is 20.2. The van der Waals surface area contributed by atoms with Crippen molar-refractivity contribution in [3.05, 3.63) is 64.8 Å². The Bertz CT molecular complexity index is 1050. The molecule has 0 aliphatic heterocycles. The van der Waals surface area contributed by atoms with Gasteiger partial charge < -0.3 is 16.4 Å². The number of nitrogens with one attached hydrogen (secondary N) is 2. The standard InChI is InChI=1S/C20H18FN5O2S/c1-12-9-13(3-6-17(12)23-2)25-19(29)26(20(7-8-20)24-11-27)14-4-5-15(18(22)28)16(21)10-14/h3-6,9-11H,7-8H2,1H3,(H2,22,28)(H,24,27)(H,25,29). The minimum Gasteiger partial charge on any atom is -0.366 e. The third-order valence-electron chi connectivity index (χ3n) is 4.73. The summed E-state index contributed by atoms with van der Waals surface area (Å²) < 4.78 is 14.4. The van der Waals surface area contributed by atoms with E-state index in [1.54, 1.807) is 23.1 Å². The molecule has 0 aromatic heterocycles. The molecule has 1 aliphatic rings. The van der Waals surface area contributed by atoms with Crippen LogP contribution in [0.5, 0.6) is 0 Å². The van der Waals surface area contributed by atoms with Crippen LogP contribution in [0.2, 0.25) is 0 Å². The molecule has 0 radical (unpaired) electrons. The van der Waals surface area contributed by atoms with E-state index < -0.39 is 17.4 Å². The fourth-order valence-corrected chi connectivity index (χ4v) is 3.50. The molecule has 0 heterocycles. The van der Waals surface area contributed by atoms with Gasteiger partial charge in [0.2, 0.25) is 6.41 Å². The summed E-state index contributed by atoms with van der Waals surface area (Å²) in [6, 6.07) is 9.14. The zero-order valence-electron chi connectivity index (χ0n) is 15.5. The second-order valence-electron chi connectivity index (χ2n) is 6.70. The second-order valence-corrected chi connectivity index (χ2v) is 7.09. The Morgan fingerprint density at radius 3 is 2.59 bits per heavy atom. The van der Waals surface area contributed by atoms with E-state index in [0.29, 0.717) is 36.3 Å². The first-order valence-corrected chi connectivity index (χ1v) is 9.12. The average molecular weight is 411 g/mol. The topological polar surface area (TPSA) is 91.8 Å². The fraction of sp³-hybridized carbons (Fsp3) is 0.200. The Labute approximate surface area is 172 Å². The molecule has 148 valence electrons. The number of primary amides is 1. The number of carbonyl (C=O) groups excluding carboxylic acids is 2. The van der Waals surface area contributed by atoms with Crippen molar-refractivity contribution in [2.75, 3.05) is 10.2 Å². The summed E-state index contributed by atoms with van der Waals surface area (Å²) in [4.78, 5) is 27.5.